The lowest BCUT2D eigenvalue weighted by molar-refractivity contribution is -0.247. The number of rotatable bonds is 10. The lowest BCUT2D eigenvalue weighted by Crippen LogP contribution is -2.64. The third-order valence-corrected chi connectivity index (χ3v) is 8.16. The number of hydrogen-bond donors (Lipinski definition) is 9. The number of nitrogens with zero attached hydrogens (tertiary/aromatic N) is 1. The minimum absolute atomic E-state index is 0.723. The summed E-state index contributed by atoms with van der Waals surface area (Å²) in [5, 5.41) is 51.9. The van der Waals surface area contributed by atoms with Crippen LogP contribution in [0, 0.1) is 0 Å². The Hall–Kier alpha value is -1.87. The zero-order chi connectivity index (χ0) is 29.3. The van der Waals surface area contributed by atoms with E-state index in [2.05, 4.69) is 18.7 Å². The molecule has 2 aliphatic heterocycles. The fraction of sp³-hybridized carbons (Fsp3) is 0.706. The summed E-state index contributed by atoms with van der Waals surface area (Å²) >= 11 is 0. The summed E-state index contributed by atoms with van der Waals surface area (Å²) in [5.74, 6) is -0.796. The summed E-state index contributed by atoms with van der Waals surface area (Å²) in [7, 11) is -11.1. The van der Waals surface area contributed by atoms with E-state index in [-0.39, 0.29) is 0 Å². The van der Waals surface area contributed by atoms with Gasteiger partial charge in [-0.2, -0.15) is 4.31 Å². The largest absolute Gasteiger partial charge is 0.483 e. The molecular formula is C17H27N3O17P2. The van der Waals surface area contributed by atoms with Crippen molar-refractivity contribution < 1.29 is 72.1 Å². The van der Waals surface area contributed by atoms with Gasteiger partial charge in [0, 0.05) is 19.2 Å². The quantitative estimate of drug-likeness (QED) is 0.113. The number of carbonyl (C=O) groups is 1. The molecule has 0 spiro atoms. The Bertz CT molecular complexity index is 1240. The highest BCUT2D eigenvalue weighted by Gasteiger charge is 2.50. The van der Waals surface area contributed by atoms with Gasteiger partial charge in [0.15, 0.2) is 12.5 Å². The number of hydrogen-bond acceptors (Lipinski definition) is 15. The van der Waals surface area contributed by atoms with E-state index in [0.29, 0.717) is 0 Å². The first-order valence-electron chi connectivity index (χ1n) is 11.0. The molecule has 20 nitrogen and oxygen atoms in total. The first-order valence-corrected chi connectivity index (χ1v) is 14.0. The highest BCUT2D eigenvalue weighted by atomic mass is 31.3. The lowest BCUT2D eigenvalue weighted by Gasteiger charge is -2.42. The number of phosphoric acid groups is 2. The maximum Gasteiger partial charge on any atom is 0.483 e. The van der Waals surface area contributed by atoms with Crippen molar-refractivity contribution in [2.24, 2.45) is 0 Å². The molecule has 39 heavy (non-hydrogen) atoms. The van der Waals surface area contributed by atoms with Crippen LogP contribution in [-0.4, -0.2) is 113 Å². The van der Waals surface area contributed by atoms with Crippen LogP contribution in [0.3, 0.4) is 0 Å². The van der Waals surface area contributed by atoms with Gasteiger partial charge in [-0.15, -0.1) is 0 Å². The summed E-state index contributed by atoms with van der Waals surface area (Å²) < 4.78 is 49.2. The monoisotopic (exact) mass is 607 g/mol. The van der Waals surface area contributed by atoms with Crippen LogP contribution < -0.4 is 16.6 Å². The van der Waals surface area contributed by atoms with Crippen LogP contribution in [0.4, 0.5) is 0 Å². The lowest BCUT2D eigenvalue weighted by atomic mass is 9.97. The number of aromatic amines is 1. The van der Waals surface area contributed by atoms with Crippen molar-refractivity contribution in [1.29, 1.82) is 0 Å². The van der Waals surface area contributed by atoms with Crippen molar-refractivity contribution in [2.45, 2.75) is 62.1 Å². The first kappa shape index (κ1) is 31.7. The van der Waals surface area contributed by atoms with Gasteiger partial charge in [0.05, 0.1) is 13.2 Å². The van der Waals surface area contributed by atoms with Gasteiger partial charge in [0.2, 0.25) is 5.91 Å². The molecule has 0 saturated carbocycles. The number of amides is 1. The normalized spacial score (nSPS) is 36.2. The second-order valence-corrected chi connectivity index (χ2v) is 11.4. The predicted molar refractivity (Wildman–Crippen MR) is 120 cm³/mol. The van der Waals surface area contributed by atoms with Crippen LogP contribution in [0.15, 0.2) is 21.9 Å². The molecule has 0 radical (unpaired) electrons. The molecule has 3 heterocycles. The van der Waals surface area contributed by atoms with Crippen molar-refractivity contribution in [2.75, 3.05) is 13.2 Å². The summed E-state index contributed by atoms with van der Waals surface area (Å²) in [5.41, 5.74) is -1.75. The molecule has 0 aromatic carbocycles. The van der Waals surface area contributed by atoms with Crippen molar-refractivity contribution in [1.82, 2.24) is 14.9 Å². The minimum Gasteiger partial charge on any atom is -0.394 e. The van der Waals surface area contributed by atoms with E-state index in [4.69, 9.17) is 9.47 Å². The molecule has 0 bridgehead atoms. The van der Waals surface area contributed by atoms with Crippen molar-refractivity contribution in [3.63, 3.8) is 0 Å². The van der Waals surface area contributed by atoms with Gasteiger partial charge in [-0.25, -0.2) is 13.9 Å². The Morgan fingerprint density at radius 3 is 2.28 bits per heavy atom. The number of aliphatic hydroxyl groups excluding tert-OH is 5. The number of ether oxygens (including phenoxy) is 2. The van der Waals surface area contributed by atoms with E-state index in [9.17, 15) is 58.8 Å². The number of phosphoric ester groups is 2. The van der Waals surface area contributed by atoms with E-state index in [1.807, 2.05) is 4.98 Å². The van der Waals surface area contributed by atoms with Crippen molar-refractivity contribution in [3.8, 4) is 0 Å². The molecule has 22 heteroatoms. The number of aliphatic hydroxyl groups is 5. The average molecular weight is 607 g/mol. The van der Waals surface area contributed by atoms with Gasteiger partial charge in [0.25, 0.3) is 5.56 Å². The Labute approximate surface area is 217 Å². The van der Waals surface area contributed by atoms with Crippen LogP contribution in [0.25, 0.3) is 0 Å². The molecular weight excluding hydrogens is 580 g/mol. The maximum atomic E-state index is 12.4. The van der Waals surface area contributed by atoms with Crippen LogP contribution in [0.2, 0.25) is 0 Å². The third kappa shape index (κ3) is 7.66. The predicted octanol–water partition coefficient (Wildman–Crippen LogP) is -4.65. The van der Waals surface area contributed by atoms with Gasteiger partial charge in [-0.3, -0.25) is 28.2 Å². The zero-order valence-corrected chi connectivity index (χ0v) is 21.6. The van der Waals surface area contributed by atoms with Gasteiger partial charge < -0.3 is 50.1 Å². The van der Waals surface area contributed by atoms with Crippen molar-refractivity contribution in [3.05, 3.63) is 33.1 Å². The van der Waals surface area contributed by atoms with Gasteiger partial charge in [0.1, 0.15) is 42.7 Å². The maximum absolute atomic E-state index is 12.4. The Kier molecular flexibility index (Phi) is 10.0. The van der Waals surface area contributed by atoms with Crippen LogP contribution in [-0.2, 0) is 36.8 Å². The van der Waals surface area contributed by atoms with E-state index in [1.165, 1.54) is 0 Å². The summed E-state index contributed by atoms with van der Waals surface area (Å²) in [6.07, 6.45) is -13.0. The molecule has 3 rings (SSSR count). The standard InChI is InChI=1S/C17H27N3O17P2/c1-6(22)18-10-13(26)11(24)7(4-21)35-16(10)36-39(31,32)37-38(29,30)33-5-8-12(25)14(27)15(34-8)20-3-2-9(23)19-17(20)28/h2-3,7-8,10-16,21,24-27H,4-5H2,1H3,(H,18,22)(H,29,30)(H,31,32)(H,19,23,28)/t7-,8-,10+,11-,12-,13-,14-,15-,16?/m0/s1. The fourth-order valence-corrected chi connectivity index (χ4v) is 5.92. The Balaban J connectivity index is 1.66. The molecule has 1 aromatic rings. The number of aromatic nitrogens is 2. The Morgan fingerprint density at radius 1 is 1.05 bits per heavy atom. The number of carbonyl (C=O) groups excluding carboxylic acids is 1. The van der Waals surface area contributed by atoms with Gasteiger partial charge >= 0.3 is 21.3 Å². The molecule has 0 aliphatic carbocycles. The molecule has 2 aliphatic rings. The van der Waals surface area contributed by atoms with Crippen molar-refractivity contribution >= 4 is 21.6 Å². The molecule has 11 atom stereocenters. The summed E-state index contributed by atoms with van der Waals surface area (Å²) in [4.78, 5) is 56.4. The first-order chi connectivity index (χ1) is 18.0. The van der Waals surface area contributed by atoms with E-state index in [0.717, 1.165) is 23.8 Å². The van der Waals surface area contributed by atoms with E-state index in [1.54, 1.807) is 0 Å². The molecule has 1 amide bonds. The van der Waals surface area contributed by atoms with Crippen LogP contribution in [0.1, 0.15) is 13.2 Å². The zero-order valence-electron chi connectivity index (χ0n) is 19.8. The smallest absolute Gasteiger partial charge is 0.394 e. The SMILES string of the molecule is CC(=O)N[C@H]1C(OP(=O)(O)OP(=O)(O)OC[C@@H]2O[C@H](n3ccc(=O)[nH]c3=O)[C@@H](O)[C@H]2O)O[C@@H](CO)[C@H](O)[C@H]1O. The fourth-order valence-electron chi connectivity index (χ4n) is 3.76. The second kappa shape index (κ2) is 12.3. The topological polar surface area (TPSA) is 306 Å². The number of nitrogens with one attached hydrogen (secondary N) is 2. The number of H-pyrrole nitrogens is 1. The molecule has 3 unspecified atom stereocenters. The van der Waals surface area contributed by atoms with E-state index < -0.39 is 101 Å². The van der Waals surface area contributed by atoms with Crippen LogP contribution >= 0.6 is 15.6 Å². The van der Waals surface area contributed by atoms with Gasteiger partial charge in [-0.1, -0.05) is 0 Å². The van der Waals surface area contributed by atoms with E-state index >= 15 is 0 Å². The highest BCUT2D eigenvalue weighted by Crippen LogP contribution is 2.61. The molecule has 2 saturated heterocycles. The summed E-state index contributed by atoms with van der Waals surface area (Å²) in [6.45, 7) is -0.940. The molecule has 222 valence electrons. The Morgan fingerprint density at radius 2 is 1.69 bits per heavy atom. The average Bonchev–Trinajstić information content (AvgIpc) is 3.10. The third-order valence-electron chi connectivity index (χ3n) is 5.56. The summed E-state index contributed by atoms with van der Waals surface area (Å²) in [6, 6.07) is -0.766. The molecule has 1 aromatic heterocycles. The minimum atomic E-state index is -5.63. The van der Waals surface area contributed by atoms with Gasteiger partial charge in [-0.05, 0) is 0 Å². The molecule has 2 fully saturated rings. The van der Waals surface area contributed by atoms with Crippen LogP contribution in [0.5, 0.6) is 0 Å². The second-order valence-electron chi connectivity index (χ2n) is 8.42. The highest BCUT2D eigenvalue weighted by molar-refractivity contribution is 7.61. The molecule has 9 N–H and O–H groups in total.